The standard InChI is InChI=1S/C51H33N3O2S/c55-57(56)47-25-13-11-23-44(47)42-22-10-9-20-40(42)39-19-7-8-21-41(39)43-32-31-38(33-46(43)45-24-12-14-26-48(45)57)51-53-49(36-17-5-2-6-18-36)52-50(54-51)37-29-27-35(28-30-37)34-15-3-1-4-16-34/h1-33H. The first-order valence-corrected chi connectivity index (χ1v) is 20.3. The van der Waals surface area contributed by atoms with Crippen LogP contribution in [0.2, 0.25) is 0 Å². The first-order valence-electron chi connectivity index (χ1n) is 18.8. The van der Waals surface area contributed by atoms with Gasteiger partial charge in [-0.05, 0) is 62.7 Å². The summed E-state index contributed by atoms with van der Waals surface area (Å²) < 4.78 is 30.0. The van der Waals surface area contributed by atoms with Crippen LogP contribution in [0.3, 0.4) is 0 Å². The lowest BCUT2D eigenvalue weighted by Crippen LogP contribution is -2.06. The molecule has 0 N–H and O–H groups in total. The zero-order valence-electron chi connectivity index (χ0n) is 30.6. The van der Waals surface area contributed by atoms with Gasteiger partial charge in [0, 0.05) is 27.8 Å². The molecule has 0 radical (unpaired) electrons. The molecule has 2 heterocycles. The van der Waals surface area contributed by atoms with Gasteiger partial charge in [0.15, 0.2) is 17.5 Å². The molecule has 1 aliphatic heterocycles. The normalized spacial score (nSPS) is 12.5. The van der Waals surface area contributed by atoms with Crippen molar-refractivity contribution >= 4 is 9.84 Å². The first kappa shape index (κ1) is 34.2. The van der Waals surface area contributed by atoms with E-state index in [0.717, 1.165) is 61.2 Å². The topological polar surface area (TPSA) is 72.8 Å². The van der Waals surface area contributed by atoms with E-state index in [-0.39, 0.29) is 9.79 Å². The minimum Gasteiger partial charge on any atom is -0.218 e. The number of rotatable bonds is 4. The summed E-state index contributed by atoms with van der Waals surface area (Å²) in [5.41, 5.74) is 11.4. The summed E-state index contributed by atoms with van der Waals surface area (Å²) in [5.74, 6) is 1.56. The molecule has 8 aromatic carbocycles. The molecule has 0 fully saturated rings. The average Bonchev–Trinajstić information content (AvgIpc) is 3.30. The van der Waals surface area contributed by atoms with Crippen LogP contribution >= 0.6 is 0 Å². The van der Waals surface area contributed by atoms with Crippen LogP contribution < -0.4 is 0 Å². The van der Waals surface area contributed by atoms with Crippen molar-refractivity contribution in [2.24, 2.45) is 0 Å². The molecule has 0 aliphatic carbocycles. The SMILES string of the molecule is O=S1(=O)c2ccccc2-c2ccccc2-c2ccccc2-c2ccc(-c3nc(-c4ccccc4)nc(-c4ccc(-c5ccccc5)cc4)n3)cc2-c2ccccc21. The molecule has 0 saturated heterocycles. The lowest BCUT2D eigenvalue weighted by Gasteiger charge is -2.18. The molecule has 0 saturated carbocycles. The van der Waals surface area contributed by atoms with Gasteiger partial charge in [-0.25, -0.2) is 23.4 Å². The van der Waals surface area contributed by atoms with Gasteiger partial charge < -0.3 is 0 Å². The molecule has 0 bridgehead atoms. The Morgan fingerprint density at radius 2 is 0.579 bits per heavy atom. The lowest BCUT2D eigenvalue weighted by molar-refractivity contribution is 0.596. The van der Waals surface area contributed by atoms with E-state index in [2.05, 4.69) is 48.5 Å². The van der Waals surface area contributed by atoms with Gasteiger partial charge in [0.1, 0.15) is 0 Å². The van der Waals surface area contributed by atoms with Crippen LogP contribution in [0.5, 0.6) is 0 Å². The fraction of sp³-hybridized carbons (Fsp3) is 0. The van der Waals surface area contributed by atoms with Crippen LogP contribution in [-0.4, -0.2) is 23.4 Å². The van der Waals surface area contributed by atoms with Crippen LogP contribution in [0.15, 0.2) is 210 Å². The second-order valence-corrected chi connectivity index (χ2v) is 15.8. The van der Waals surface area contributed by atoms with Crippen molar-refractivity contribution in [1.29, 1.82) is 0 Å². The predicted octanol–water partition coefficient (Wildman–Crippen LogP) is 12.4. The van der Waals surface area contributed by atoms with Crippen molar-refractivity contribution in [3.05, 3.63) is 200 Å². The van der Waals surface area contributed by atoms with E-state index in [1.165, 1.54) is 0 Å². The fourth-order valence-electron chi connectivity index (χ4n) is 7.80. The predicted molar refractivity (Wildman–Crippen MR) is 229 cm³/mol. The maximum absolute atomic E-state index is 15.0. The third-order valence-corrected chi connectivity index (χ3v) is 12.4. The fourth-order valence-corrected chi connectivity index (χ4v) is 9.49. The number of nitrogens with zero attached hydrogens (tertiary/aromatic N) is 3. The van der Waals surface area contributed by atoms with Crippen LogP contribution in [0.1, 0.15) is 0 Å². The number of aromatic nitrogens is 3. The quantitative estimate of drug-likeness (QED) is 0.179. The Bertz CT molecular complexity index is 3070. The second kappa shape index (κ2) is 14.1. The van der Waals surface area contributed by atoms with Gasteiger partial charge in [0.2, 0.25) is 9.84 Å². The molecule has 6 heteroatoms. The summed E-state index contributed by atoms with van der Waals surface area (Å²) in [4.78, 5) is 15.6. The maximum atomic E-state index is 15.0. The van der Waals surface area contributed by atoms with E-state index in [9.17, 15) is 8.42 Å². The van der Waals surface area contributed by atoms with Gasteiger partial charge in [0.05, 0.1) is 9.79 Å². The molecular formula is C51H33N3O2S. The molecular weight excluding hydrogens is 719 g/mol. The zero-order valence-corrected chi connectivity index (χ0v) is 31.4. The minimum absolute atomic E-state index is 0.229. The Morgan fingerprint density at radius 3 is 1.11 bits per heavy atom. The molecule has 5 nitrogen and oxygen atoms in total. The van der Waals surface area contributed by atoms with E-state index in [1.54, 1.807) is 24.3 Å². The summed E-state index contributed by atoms with van der Waals surface area (Å²) in [5, 5.41) is 0. The van der Waals surface area contributed by atoms with Gasteiger partial charge in [-0.1, -0.05) is 182 Å². The molecule has 1 aliphatic rings. The highest BCUT2D eigenvalue weighted by atomic mass is 32.2. The Hall–Kier alpha value is -7.28. The monoisotopic (exact) mass is 751 g/mol. The summed E-state index contributed by atoms with van der Waals surface area (Å²) in [7, 11) is -4.02. The highest BCUT2D eigenvalue weighted by Crippen LogP contribution is 2.47. The number of sulfone groups is 1. The van der Waals surface area contributed by atoms with E-state index < -0.39 is 9.84 Å². The molecule has 10 rings (SSSR count). The summed E-state index contributed by atoms with van der Waals surface area (Å²) >= 11 is 0. The van der Waals surface area contributed by atoms with E-state index >= 15 is 0 Å². The highest BCUT2D eigenvalue weighted by molar-refractivity contribution is 7.91. The molecule has 57 heavy (non-hydrogen) atoms. The first-order chi connectivity index (χ1) is 28.0. The van der Waals surface area contributed by atoms with Crippen LogP contribution in [0.25, 0.3) is 89.8 Å². The Balaban J connectivity index is 1.22. The molecule has 9 aromatic rings. The Labute approximate surface area is 331 Å². The van der Waals surface area contributed by atoms with Gasteiger partial charge in [0.25, 0.3) is 0 Å². The van der Waals surface area contributed by atoms with Gasteiger partial charge in [-0.15, -0.1) is 0 Å². The smallest absolute Gasteiger partial charge is 0.207 e. The third-order valence-electron chi connectivity index (χ3n) is 10.6. The lowest BCUT2D eigenvalue weighted by atomic mass is 9.86. The summed E-state index contributed by atoms with van der Waals surface area (Å²) in [6, 6.07) is 65.4. The van der Waals surface area contributed by atoms with Gasteiger partial charge in [-0.2, -0.15) is 0 Å². The van der Waals surface area contributed by atoms with Crippen molar-refractivity contribution < 1.29 is 8.42 Å². The number of hydrogen-bond acceptors (Lipinski definition) is 5. The van der Waals surface area contributed by atoms with E-state index in [1.807, 2.05) is 127 Å². The molecule has 0 amide bonds. The van der Waals surface area contributed by atoms with Crippen molar-refractivity contribution in [3.8, 4) is 89.8 Å². The largest absolute Gasteiger partial charge is 0.218 e. The molecule has 0 unspecified atom stereocenters. The van der Waals surface area contributed by atoms with Gasteiger partial charge in [-0.3, -0.25) is 0 Å². The maximum Gasteiger partial charge on any atom is 0.207 e. The minimum atomic E-state index is -4.02. The highest BCUT2D eigenvalue weighted by Gasteiger charge is 2.29. The van der Waals surface area contributed by atoms with Crippen molar-refractivity contribution in [2.75, 3.05) is 0 Å². The number of fused-ring (bicyclic) bond motifs is 9. The van der Waals surface area contributed by atoms with Crippen LogP contribution in [0.4, 0.5) is 0 Å². The van der Waals surface area contributed by atoms with Crippen LogP contribution in [0, 0.1) is 0 Å². The summed E-state index contributed by atoms with van der Waals surface area (Å²) in [6.45, 7) is 0. The summed E-state index contributed by atoms with van der Waals surface area (Å²) in [6.07, 6.45) is 0. The van der Waals surface area contributed by atoms with Crippen molar-refractivity contribution in [2.45, 2.75) is 9.79 Å². The number of benzene rings is 8. The van der Waals surface area contributed by atoms with Crippen molar-refractivity contribution in [1.82, 2.24) is 15.0 Å². The van der Waals surface area contributed by atoms with Crippen LogP contribution in [-0.2, 0) is 9.84 Å². The number of hydrogen-bond donors (Lipinski definition) is 0. The third kappa shape index (κ3) is 6.13. The molecule has 1 aromatic heterocycles. The second-order valence-electron chi connectivity index (χ2n) is 14.0. The molecule has 0 atom stereocenters. The van der Waals surface area contributed by atoms with E-state index in [4.69, 9.17) is 15.0 Å². The van der Waals surface area contributed by atoms with Crippen molar-refractivity contribution in [3.63, 3.8) is 0 Å². The zero-order chi connectivity index (χ0) is 38.3. The Morgan fingerprint density at radius 1 is 0.263 bits per heavy atom. The average molecular weight is 752 g/mol. The van der Waals surface area contributed by atoms with Gasteiger partial charge >= 0.3 is 0 Å². The molecule has 0 spiro atoms. The molecule has 270 valence electrons. The van der Waals surface area contributed by atoms with E-state index in [0.29, 0.717) is 28.6 Å². The Kier molecular flexibility index (Phi) is 8.46.